The molecule has 0 radical (unpaired) electrons. The van der Waals surface area contributed by atoms with Crippen molar-refractivity contribution in [1.29, 1.82) is 0 Å². The van der Waals surface area contributed by atoms with Crippen LogP contribution in [-0.2, 0) is 16.1 Å². The Labute approximate surface area is 117 Å². The van der Waals surface area contributed by atoms with Crippen LogP contribution >= 0.6 is 0 Å². The third-order valence-electron chi connectivity index (χ3n) is 2.63. The summed E-state index contributed by atoms with van der Waals surface area (Å²) >= 11 is 0. The molecule has 0 aliphatic rings. The van der Waals surface area contributed by atoms with E-state index < -0.39 is 5.97 Å². The predicted molar refractivity (Wildman–Crippen MR) is 76.8 cm³/mol. The third kappa shape index (κ3) is 4.24. The van der Waals surface area contributed by atoms with Crippen LogP contribution in [0.25, 0.3) is 0 Å². The molecule has 102 valence electrons. The number of nitrogens with zero attached hydrogens (tertiary/aromatic N) is 1. The molecule has 0 bridgehead atoms. The Morgan fingerprint density at radius 2 is 1.80 bits per heavy atom. The van der Waals surface area contributed by atoms with Crippen molar-refractivity contribution in [1.82, 2.24) is 0 Å². The summed E-state index contributed by atoms with van der Waals surface area (Å²) < 4.78 is 5.08. The molecular weight excluding hydrogens is 254 g/mol. The fourth-order valence-electron chi connectivity index (χ4n) is 1.60. The standard InChI is InChI=1S/C16H15NO3/c18-15-9-5-4-8-14(15)10-17-11-16(19)20-12-13-6-2-1-3-7-13/h1-10,18H,11-12H2. The maximum atomic E-state index is 11.5. The first-order valence-corrected chi connectivity index (χ1v) is 6.23. The molecular formula is C16H15NO3. The van der Waals surface area contributed by atoms with Crippen molar-refractivity contribution in [2.45, 2.75) is 6.61 Å². The topological polar surface area (TPSA) is 58.9 Å². The van der Waals surface area contributed by atoms with Crippen molar-refractivity contribution in [3.05, 3.63) is 65.7 Å². The van der Waals surface area contributed by atoms with Crippen LogP contribution < -0.4 is 0 Å². The lowest BCUT2D eigenvalue weighted by Crippen LogP contribution is -2.08. The van der Waals surface area contributed by atoms with Crippen molar-refractivity contribution in [3.8, 4) is 5.75 Å². The van der Waals surface area contributed by atoms with Gasteiger partial charge in [-0.05, 0) is 17.7 Å². The van der Waals surface area contributed by atoms with Crippen LogP contribution in [0, 0.1) is 0 Å². The van der Waals surface area contributed by atoms with Crippen LogP contribution in [0.4, 0.5) is 0 Å². The molecule has 4 heteroatoms. The number of aliphatic imine (C=N–C) groups is 1. The number of benzene rings is 2. The number of carbonyl (C=O) groups excluding carboxylic acids is 1. The number of aromatic hydroxyl groups is 1. The molecule has 0 atom stereocenters. The summed E-state index contributed by atoms with van der Waals surface area (Å²) in [5, 5.41) is 9.52. The normalized spacial score (nSPS) is 10.6. The first-order valence-electron chi connectivity index (χ1n) is 6.23. The molecule has 0 saturated carbocycles. The average Bonchev–Trinajstić information content (AvgIpc) is 2.48. The number of esters is 1. The van der Waals surface area contributed by atoms with Crippen molar-refractivity contribution in [2.24, 2.45) is 4.99 Å². The summed E-state index contributed by atoms with van der Waals surface area (Å²) in [7, 11) is 0. The largest absolute Gasteiger partial charge is 0.507 e. The highest BCUT2D eigenvalue weighted by Crippen LogP contribution is 2.12. The minimum Gasteiger partial charge on any atom is -0.507 e. The highest BCUT2D eigenvalue weighted by molar-refractivity contribution is 5.85. The fraction of sp³-hybridized carbons (Fsp3) is 0.125. The number of hydrogen-bond acceptors (Lipinski definition) is 4. The van der Waals surface area contributed by atoms with Gasteiger partial charge >= 0.3 is 5.97 Å². The molecule has 0 aliphatic carbocycles. The molecule has 2 rings (SSSR count). The van der Waals surface area contributed by atoms with Crippen LogP contribution in [0.15, 0.2) is 59.6 Å². The minimum atomic E-state index is -0.402. The van der Waals surface area contributed by atoms with E-state index in [2.05, 4.69) is 4.99 Å². The lowest BCUT2D eigenvalue weighted by Gasteiger charge is -2.02. The minimum absolute atomic E-state index is 0.0683. The van der Waals surface area contributed by atoms with Gasteiger partial charge in [0, 0.05) is 11.8 Å². The van der Waals surface area contributed by atoms with Gasteiger partial charge in [-0.2, -0.15) is 0 Å². The number of rotatable bonds is 5. The summed E-state index contributed by atoms with van der Waals surface area (Å²) in [6.07, 6.45) is 1.46. The molecule has 0 amide bonds. The lowest BCUT2D eigenvalue weighted by molar-refractivity contribution is -0.143. The quantitative estimate of drug-likeness (QED) is 0.670. The number of hydrogen-bond donors (Lipinski definition) is 1. The zero-order valence-electron chi connectivity index (χ0n) is 10.9. The van der Waals surface area contributed by atoms with Gasteiger partial charge in [-0.25, -0.2) is 0 Å². The van der Waals surface area contributed by atoms with E-state index in [1.807, 2.05) is 30.3 Å². The van der Waals surface area contributed by atoms with Crippen LogP contribution in [-0.4, -0.2) is 23.8 Å². The van der Waals surface area contributed by atoms with Gasteiger partial charge in [0.1, 0.15) is 18.9 Å². The van der Waals surface area contributed by atoms with Gasteiger partial charge in [-0.15, -0.1) is 0 Å². The second-order valence-electron chi connectivity index (χ2n) is 4.17. The monoisotopic (exact) mass is 269 g/mol. The Kier molecular flexibility index (Phi) is 4.89. The Bertz CT molecular complexity index is 594. The highest BCUT2D eigenvalue weighted by Gasteiger charge is 2.01. The molecule has 2 aromatic rings. The molecule has 2 aromatic carbocycles. The van der Waals surface area contributed by atoms with E-state index >= 15 is 0 Å². The SMILES string of the molecule is O=C(CN=Cc1ccccc1O)OCc1ccccc1. The van der Waals surface area contributed by atoms with E-state index in [1.54, 1.807) is 24.3 Å². The van der Waals surface area contributed by atoms with Gasteiger partial charge < -0.3 is 9.84 Å². The molecule has 0 spiro atoms. The summed E-state index contributed by atoms with van der Waals surface area (Å²) in [5.41, 5.74) is 1.51. The van der Waals surface area contributed by atoms with Gasteiger partial charge in [0.25, 0.3) is 0 Å². The average molecular weight is 269 g/mol. The van der Waals surface area contributed by atoms with E-state index in [-0.39, 0.29) is 18.9 Å². The molecule has 1 N–H and O–H groups in total. The van der Waals surface area contributed by atoms with Crippen molar-refractivity contribution < 1.29 is 14.6 Å². The van der Waals surface area contributed by atoms with Crippen molar-refractivity contribution >= 4 is 12.2 Å². The molecule has 0 fully saturated rings. The number of para-hydroxylation sites is 1. The lowest BCUT2D eigenvalue weighted by atomic mass is 10.2. The Morgan fingerprint density at radius 1 is 1.10 bits per heavy atom. The van der Waals surface area contributed by atoms with Crippen molar-refractivity contribution in [3.63, 3.8) is 0 Å². The van der Waals surface area contributed by atoms with Crippen LogP contribution in [0.1, 0.15) is 11.1 Å². The smallest absolute Gasteiger partial charge is 0.328 e. The van der Waals surface area contributed by atoms with Crippen LogP contribution in [0.3, 0.4) is 0 Å². The van der Waals surface area contributed by atoms with E-state index in [0.29, 0.717) is 5.56 Å². The zero-order chi connectivity index (χ0) is 14.2. The maximum absolute atomic E-state index is 11.5. The first kappa shape index (κ1) is 13.8. The number of phenols is 1. The molecule has 0 heterocycles. The van der Waals surface area contributed by atoms with Gasteiger partial charge in [-0.1, -0.05) is 42.5 Å². The summed E-state index contributed by atoms with van der Waals surface area (Å²) in [5.74, 6) is -0.269. The summed E-state index contributed by atoms with van der Waals surface area (Å²) in [6, 6.07) is 16.2. The fourth-order valence-corrected chi connectivity index (χ4v) is 1.60. The number of phenolic OH excluding ortho intramolecular Hbond substituents is 1. The predicted octanol–water partition coefficient (Wildman–Crippen LogP) is 2.55. The second-order valence-corrected chi connectivity index (χ2v) is 4.17. The van der Waals surface area contributed by atoms with Gasteiger partial charge in [0.15, 0.2) is 0 Å². The zero-order valence-corrected chi connectivity index (χ0v) is 10.9. The summed E-state index contributed by atoms with van der Waals surface area (Å²) in [4.78, 5) is 15.4. The second kappa shape index (κ2) is 7.09. The molecule has 0 aromatic heterocycles. The van der Waals surface area contributed by atoms with E-state index in [9.17, 15) is 9.90 Å². The Morgan fingerprint density at radius 3 is 2.55 bits per heavy atom. The maximum Gasteiger partial charge on any atom is 0.328 e. The van der Waals surface area contributed by atoms with E-state index in [0.717, 1.165) is 5.56 Å². The number of carbonyl (C=O) groups is 1. The Hall–Kier alpha value is -2.62. The van der Waals surface area contributed by atoms with Crippen LogP contribution in [0.2, 0.25) is 0 Å². The third-order valence-corrected chi connectivity index (χ3v) is 2.63. The molecule has 20 heavy (non-hydrogen) atoms. The highest BCUT2D eigenvalue weighted by atomic mass is 16.5. The summed E-state index contributed by atoms with van der Waals surface area (Å²) in [6.45, 7) is 0.174. The molecule has 4 nitrogen and oxygen atoms in total. The molecule has 0 saturated heterocycles. The molecule has 0 aliphatic heterocycles. The van der Waals surface area contributed by atoms with E-state index in [4.69, 9.17) is 4.74 Å². The van der Waals surface area contributed by atoms with Crippen molar-refractivity contribution in [2.75, 3.05) is 6.54 Å². The van der Waals surface area contributed by atoms with Crippen LogP contribution in [0.5, 0.6) is 5.75 Å². The van der Waals surface area contributed by atoms with E-state index in [1.165, 1.54) is 6.21 Å². The van der Waals surface area contributed by atoms with Gasteiger partial charge in [-0.3, -0.25) is 9.79 Å². The molecule has 0 unspecified atom stereocenters. The van der Waals surface area contributed by atoms with Gasteiger partial charge in [0.2, 0.25) is 0 Å². The Balaban J connectivity index is 1.79. The first-order chi connectivity index (χ1) is 9.75. The van der Waals surface area contributed by atoms with Gasteiger partial charge in [0.05, 0.1) is 0 Å². The number of ether oxygens (including phenoxy) is 1.